The lowest BCUT2D eigenvalue weighted by molar-refractivity contribution is 0.692. The number of amidine groups is 1. The molecule has 0 aliphatic heterocycles. The number of hydrogen-bond acceptors (Lipinski definition) is 2. The Morgan fingerprint density at radius 3 is 2.29 bits per heavy atom. The van der Waals surface area contributed by atoms with E-state index in [0.717, 1.165) is 13.1 Å². The summed E-state index contributed by atoms with van der Waals surface area (Å²) < 4.78 is 0. The van der Waals surface area contributed by atoms with Gasteiger partial charge in [-0.15, -0.1) is 17.0 Å². The van der Waals surface area contributed by atoms with Crippen molar-refractivity contribution in [3.05, 3.63) is 71.3 Å². The summed E-state index contributed by atoms with van der Waals surface area (Å²) >= 11 is 0. The van der Waals surface area contributed by atoms with Gasteiger partial charge in [0.1, 0.15) is 0 Å². The zero-order valence-corrected chi connectivity index (χ0v) is 14.0. The van der Waals surface area contributed by atoms with Crippen LogP contribution in [0, 0.1) is 0 Å². The van der Waals surface area contributed by atoms with Crippen LogP contribution in [0.5, 0.6) is 0 Å². The van der Waals surface area contributed by atoms with Gasteiger partial charge in [0, 0.05) is 13.1 Å². The molecule has 2 aromatic rings. The normalized spacial score (nSPS) is 11.0. The van der Waals surface area contributed by atoms with Crippen LogP contribution in [0.15, 0.2) is 59.6 Å². The van der Waals surface area contributed by atoms with Crippen LogP contribution in [0.2, 0.25) is 0 Å². The summed E-state index contributed by atoms with van der Waals surface area (Å²) in [7, 11) is 0. The standard InChI is InChI=1S/C17H21N3.BrH/c1-14(18)20-13-17-9-5-8-16(10-17)12-19-11-15-6-3-2-4-7-15;/h2-10,19H,11-13H2,1H3,(H2,18,20);1H. The molecule has 0 aliphatic carbocycles. The minimum absolute atomic E-state index is 0. The molecule has 0 amide bonds. The molecular formula is C17H22BrN3. The molecule has 2 rings (SSSR count). The Bertz CT molecular complexity index is 563. The lowest BCUT2D eigenvalue weighted by atomic mass is 10.1. The lowest BCUT2D eigenvalue weighted by Crippen LogP contribution is -2.12. The van der Waals surface area contributed by atoms with Gasteiger partial charge in [0.05, 0.1) is 12.4 Å². The average Bonchev–Trinajstić information content (AvgIpc) is 2.47. The Morgan fingerprint density at radius 1 is 0.952 bits per heavy atom. The quantitative estimate of drug-likeness (QED) is 0.621. The van der Waals surface area contributed by atoms with E-state index in [0.29, 0.717) is 12.4 Å². The van der Waals surface area contributed by atoms with Crippen molar-refractivity contribution in [3.63, 3.8) is 0 Å². The van der Waals surface area contributed by atoms with Gasteiger partial charge in [-0.1, -0.05) is 54.6 Å². The van der Waals surface area contributed by atoms with Crippen LogP contribution in [0.3, 0.4) is 0 Å². The summed E-state index contributed by atoms with van der Waals surface area (Å²) in [4.78, 5) is 4.24. The molecule has 2 aromatic carbocycles. The molecular weight excluding hydrogens is 326 g/mol. The highest BCUT2D eigenvalue weighted by atomic mass is 79.9. The highest BCUT2D eigenvalue weighted by Crippen LogP contribution is 2.07. The number of hydrogen-bond donors (Lipinski definition) is 2. The lowest BCUT2D eigenvalue weighted by Gasteiger charge is -2.06. The second-order valence-electron chi connectivity index (χ2n) is 4.87. The molecule has 112 valence electrons. The first kappa shape index (κ1) is 17.4. The third-order valence-electron chi connectivity index (χ3n) is 3.00. The maximum atomic E-state index is 5.56. The number of nitrogens with two attached hydrogens (primary N) is 1. The first-order valence-corrected chi connectivity index (χ1v) is 6.83. The van der Waals surface area contributed by atoms with Gasteiger partial charge in [0.2, 0.25) is 0 Å². The van der Waals surface area contributed by atoms with Gasteiger partial charge in [-0.25, -0.2) is 0 Å². The van der Waals surface area contributed by atoms with E-state index in [4.69, 9.17) is 5.73 Å². The average molecular weight is 348 g/mol. The number of halogens is 1. The minimum Gasteiger partial charge on any atom is -0.388 e. The van der Waals surface area contributed by atoms with Gasteiger partial charge >= 0.3 is 0 Å². The maximum Gasteiger partial charge on any atom is 0.0909 e. The fraction of sp³-hybridized carbons (Fsp3) is 0.235. The molecule has 21 heavy (non-hydrogen) atoms. The molecule has 0 unspecified atom stereocenters. The van der Waals surface area contributed by atoms with Gasteiger partial charge in [0.25, 0.3) is 0 Å². The van der Waals surface area contributed by atoms with E-state index in [1.165, 1.54) is 16.7 Å². The Hall–Kier alpha value is -1.65. The number of nitrogens with zero attached hydrogens (tertiary/aromatic N) is 1. The molecule has 4 heteroatoms. The molecule has 0 aromatic heterocycles. The number of aliphatic imine (C=N–C) groups is 1. The van der Waals surface area contributed by atoms with Gasteiger partial charge < -0.3 is 11.1 Å². The molecule has 0 saturated heterocycles. The molecule has 0 spiro atoms. The first-order chi connectivity index (χ1) is 9.74. The van der Waals surface area contributed by atoms with Crippen LogP contribution >= 0.6 is 17.0 Å². The van der Waals surface area contributed by atoms with Crippen molar-refractivity contribution in [2.45, 2.75) is 26.6 Å². The third-order valence-corrected chi connectivity index (χ3v) is 3.00. The van der Waals surface area contributed by atoms with E-state index in [-0.39, 0.29) is 17.0 Å². The molecule has 0 radical (unpaired) electrons. The summed E-state index contributed by atoms with van der Waals surface area (Å²) in [6.45, 7) is 4.19. The third kappa shape index (κ3) is 6.56. The fourth-order valence-electron chi connectivity index (χ4n) is 2.00. The Morgan fingerprint density at radius 2 is 1.57 bits per heavy atom. The minimum atomic E-state index is 0. The van der Waals surface area contributed by atoms with Gasteiger partial charge in [-0.05, 0) is 23.6 Å². The highest BCUT2D eigenvalue weighted by molar-refractivity contribution is 8.93. The van der Waals surface area contributed by atoms with E-state index in [1.807, 2.05) is 13.0 Å². The fourth-order valence-corrected chi connectivity index (χ4v) is 2.00. The summed E-state index contributed by atoms with van der Waals surface area (Å²) in [5, 5.41) is 3.45. The Kier molecular flexibility index (Phi) is 7.72. The van der Waals surface area contributed by atoms with E-state index >= 15 is 0 Å². The van der Waals surface area contributed by atoms with Crippen molar-refractivity contribution in [1.82, 2.24) is 5.32 Å². The largest absolute Gasteiger partial charge is 0.388 e. The first-order valence-electron chi connectivity index (χ1n) is 6.83. The Balaban J connectivity index is 0.00000220. The summed E-state index contributed by atoms with van der Waals surface area (Å²) in [6, 6.07) is 18.8. The smallest absolute Gasteiger partial charge is 0.0909 e. The predicted octanol–water partition coefficient (Wildman–Crippen LogP) is 3.43. The van der Waals surface area contributed by atoms with Crippen LogP contribution in [-0.2, 0) is 19.6 Å². The number of nitrogens with one attached hydrogen (secondary N) is 1. The van der Waals surface area contributed by atoms with Crippen molar-refractivity contribution in [2.24, 2.45) is 10.7 Å². The van der Waals surface area contributed by atoms with E-state index in [1.54, 1.807) is 0 Å². The van der Waals surface area contributed by atoms with Gasteiger partial charge in [-0.3, -0.25) is 4.99 Å². The molecule has 0 aliphatic rings. The zero-order chi connectivity index (χ0) is 14.2. The molecule has 0 bridgehead atoms. The molecule has 3 N–H and O–H groups in total. The number of benzene rings is 2. The molecule has 3 nitrogen and oxygen atoms in total. The van der Waals surface area contributed by atoms with Crippen molar-refractivity contribution < 1.29 is 0 Å². The topological polar surface area (TPSA) is 50.4 Å². The van der Waals surface area contributed by atoms with Gasteiger partial charge in [-0.2, -0.15) is 0 Å². The van der Waals surface area contributed by atoms with Gasteiger partial charge in [0.15, 0.2) is 0 Å². The molecule has 0 atom stereocenters. The van der Waals surface area contributed by atoms with E-state index < -0.39 is 0 Å². The van der Waals surface area contributed by atoms with Crippen LogP contribution in [0.1, 0.15) is 23.6 Å². The zero-order valence-electron chi connectivity index (χ0n) is 12.3. The summed E-state index contributed by atoms with van der Waals surface area (Å²) in [5.41, 5.74) is 9.31. The van der Waals surface area contributed by atoms with Crippen LogP contribution in [-0.4, -0.2) is 5.84 Å². The molecule has 0 saturated carbocycles. The summed E-state index contributed by atoms with van der Waals surface area (Å²) in [6.07, 6.45) is 0. The monoisotopic (exact) mass is 347 g/mol. The van der Waals surface area contributed by atoms with E-state index in [9.17, 15) is 0 Å². The van der Waals surface area contributed by atoms with Crippen molar-refractivity contribution in [2.75, 3.05) is 0 Å². The highest BCUT2D eigenvalue weighted by Gasteiger charge is 1.96. The molecule has 0 heterocycles. The number of rotatable bonds is 6. The van der Waals surface area contributed by atoms with E-state index in [2.05, 4.69) is 58.8 Å². The van der Waals surface area contributed by atoms with Crippen LogP contribution in [0.25, 0.3) is 0 Å². The SMILES string of the molecule is Br.CC(N)=NCc1cccc(CNCc2ccccc2)c1. The Labute approximate surface area is 137 Å². The second kappa shape index (κ2) is 9.32. The van der Waals surface area contributed by atoms with Crippen LogP contribution < -0.4 is 11.1 Å². The van der Waals surface area contributed by atoms with Crippen molar-refractivity contribution >= 4 is 22.8 Å². The molecule has 0 fully saturated rings. The van der Waals surface area contributed by atoms with Crippen LogP contribution in [0.4, 0.5) is 0 Å². The van der Waals surface area contributed by atoms with Crippen molar-refractivity contribution in [1.29, 1.82) is 0 Å². The summed E-state index contributed by atoms with van der Waals surface area (Å²) in [5.74, 6) is 0.623. The maximum absolute atomic E-state index is 5.56. The van der Waals surface area contributed by atoms with Crippen molar-refractivity contribution in [3.8, 4) is 0 Å². The second-order valence-corrected chi connectivity index (χ2v) is 4.87. The predicted molar refractivity (Wildman–Crippen MR) is 94.8 cm³/mol.